The second kappa shape index (κ2) is 14.7. The fourth-order valence-corrected chi connectivity index (χ4v) is 5.63. The first-order chi connectivity index (χ1) is 18.9. The Labute approximate surface area is 233 Å². The number of likely N-dealkylation sites (tertiary alicyclic amines) is 2. The Morgan fingerprint density at radius 2 is 1.92 bits per heavy atom. The van der Waals surface area contributed by atoms with Gasteiger partial charge < -0.3 is 30.5 Å². The first-order valence-electron chi connectivity index (χ1n) is 13.8. The molecule has 2 aliphatic rings. The topological polar surface area (TPSA) is 127 Å². The summed E-state index contributed by atoms with van der Waals surface area (Å²) in [5.41, 5.74) is 1.55. The highest BCUT2D eigenvalue weighted by atomic mass is 32.2. The molecule has 0 bridgehead atoms. The second-order valence-electron chi connectivity index (χ2n) is 10.4. The van der Waals surface area contributed by atoms with Crippen molar-refractivity contribution < 1.29 is 24.0 Å². The van der Waals surface area contributed by atoms with E-state index in [0.29, 0.717) is 35.3 Å². The smallest absolute Gasteiger partial charge is 0.252 e. The number of phenolic OH excluding ortho intramolecular Hbond substituents is 1. The molecule has 10 nitrogen and oxygen atoms in total. The van der Waals surface area contributed by atoms with Crippen molar-refractivity contribution in [3.05, 3.63) is 47.8 Å². The van der Waals surface area contributed by atoms with E-state index in [-0.39, 0.29) is 18.3 Å². The Kier molecular flexibility index (Phi) is 11.1. The van der Waals surface area contributed by atoms with Crippen molar-refractivity contribution in [2.24, 2.45) is 0 Å². The van der Waals surface area contributed by atoms with Gasteiger partial charge in [0.05, 0.1) is 27.0 Å². The van der Waals surface area contributed by atoms with E-state index in [1.807, 2.05) is 12.1 Å². The lowest BCUT2D eigenvalue weighted by Crippen LogP contribution is -2.45. The van der Waals surface area contributed by atoms with Gasteiger partial charge in [0, 0.05) is 57.8 Å². The van der Waals surface area contributed by atoms with Crippen molar-refractivity contribution in [3.8, 4) is 11.5 Å². The zero-order chi connectivity index (χ0) is 27.6. The van der Waals surface area contributed by atoms with E-state index in [9.17, 15) is 19.2 Å². The number of phenols is 1. The quantitative estimate of drug-likeness (QED) is 0.288. The third kappa shape index (κ3) is 9.25. The molecule has 4 N–H and O–H groups in total. The molecule has 0 radical (unpaired) electrons. The maximum absolute atomic E-state index is 12.4. The van der Waals surface area contributed by atoms with Gasteiger partial charge in [0.25, 0.3) is 5.91 Å². The number of aliphatic hydroxyl groups is 1. The van der Waals surface area contributed by atoms with Gasteiger partial charge in [0.1, 0.15) is 24.2 Å². The van der Waals surface area contributed by atoms with Crippen molar-refractivity contribution in [3.63, 3.8) is 0 Å². The number of hydrogen-bond donors (Lipinski definition) is 4. The predicted octanol–water partition coefficient (Wildman–Crippen LogP) is 1.34. The van der Waals surface area contributed by atoms with E-state index in [0.717, 1.165) is 57.8 Å². The minimum Gasteiger partial charge on any atom is -0.507 e. The van der Waals surface area contributed by atoms with E-state index in [1.54, 1.807) is 12.3 Å². The summed E-state index contributed by atoms with van der Waals surface area (Å²) in [5.74, 6) is 0.360. The van der Waals surface area contributed by atoms with Crippen molar-refractivity contribution in [1.29, 1.82) is 0 Å². The number of carbonyl (C=O) groups is 1. The third-order valence-electron chi connectivity index (χ3n) is 7.30. The van der Waals surface area contributed by atoms with Gasteiger partial charge in [-0.15, -0.1) is 0 Å². The van der Waals surface area contributed by atoms with E-state index < -0.39 is 16.9 Å². The first-order valence-corrected chi connectivity index (χ1v) is 15.3. The van der Waals surface area contributed by atoms with E-state index in [1.165, 1.54) is 31.2 Å². The number of ether oxygens (including phenoxy) is 1. The Morgan fingerprint density at radius 3 is 2.62 bits per heavy atom. The molecule has 0 spiro atoms. The molecule has 4 rings (SSSR count). The van der Waals surface area contributed by atoms with Crippen LogP contribution in [0.3, 0.4) is 0 Å². The van der Waals surface area contributed by atoms with Crippen molar-refractivity contribution in [2.75, 3.05) is 58.7 Å². The Balaban J connectivity index is 1.11. The van der Waals surface area contributed by atoms with Gasteiger partial charge in [-0.05, 0) is 69.1 Å². The van der Waals surface area contributed by atoms with Crippen LogP contribution in [0.15, 0.2) is 41.4 Å². The van der Waals surface area contributed by atoms with Crippen molar-refractivity contribution >= 4 is 16.7 Å². The highest BCUT2D eigenvalue weighted by Crippen LogP contribution is 2.25. The molecule has 1 amide bonds. The lowest BCUT2D eigenvalue weighted by Gasteiger charge is -2.32. The summed E-state index contributed by atoms with van der Waals surface area (Å²) in [6.07, 6.45) is 6.91. The fourth-order valence-electron chi connectivity index (χ4n) is 4.98. The lowest BCUT2D eigenvalue weighted by molar-refractivity contribution is 0.0949. The average molecular weight is 560 g/mol. The SMILES string of the molecule is CS(=O)c1cc(OCC(O)CNC2CCN(Cc3ccc(C(=O)NCCN4CCCC4)cn3)CC2)ccc1O. The summed E-state index contributed by atoms with van der Waals surface area (Å²) in [6, 6.07) is 8.68. The number of aromatic hydroxyl groups is 1. The summed E-state index contributed by atoms with van der Waals surface area (Å²) in [5, 5.41) is 26.5. The number of nitrogens with zero attached hydrogens (tertiary/aromatic N) is 3. The summed E-state index contributed by atoms with van der Waals surface area (Å²) < 4.78 is 17.3. The Bertz CT molecular complexity index is 1090. The maximum atomic E-state index is 12.4. The molecule has 11 heteroatoms. The van der Waals surface area contributed by atoms with Crippen LogP contribution < -0.4 is 15.4 Å². The molecule has 2 saturated heterocycles. The van der Waals surface area contributed by atoms with Gasteiger partial charge in [-0.3, -0.25) is 18.9 Å². The minimum absolute atomic E-state index is 0.0319. The van der Waals surface area contributed by atoms with Crippen LogP contribution in [-0.4, -0.2) is 106 Å². The normalized spacial score (nSPS) is 18.6. The van der Waals surface area contributed by atoms with Crippen LogP contribution in [0.4, 0.5) is 0 Å². The summed E-state index contributed by atoms with van der Waals surface area (Å²) in [6.45, 7) is 6.94. The summed E-state index contributed by atoms with van der Waals surface area (Å²) >= 11 is 0. The Morgan fingerprint density at radius 1 is 1.15 bits per heavy atom. The number of hydrogen-bond acceptors (Lipinski definition) is 9. The number of amides is 1. The molecule has 2 aliphatic heterocycles. The van der Waals surface area contributed by atoms with Gasteiger partial charge in [-0.2, -0.15) is 0 Å². The van der Waals surface area contributed by atoms with Crippen LogP contribution in [0.1, 0.15) is 41.7 Å². The van der Waals surface area contributed by atoms with E-state index in [2.05, 4.69) is 25.4 Å². The van der Waals surface area contributed by atoms with Gasteiger partial charge in [0.2, 0.25) is 0 Å². The molecule has 39 heavy (non-hydrogen) atoms. The fraction of sp³-hybridized carbons (Fsp3) is 0.571. The largest absolute Gasteiger partial charge is 0.507 e. The number of benzene rings is 1. The number of nitrogens with one attached hydrogen (secondary N) is 2. The number of rotatable bonds is 13. The van der Waals surface area contributed by atoms with Gasteiger partial charge in [-0.25, -0.2) is 0 Å². The highest BCUT2D eigenvalue weighted by molar-refractivity contribution is 7.84. The second-order valence-corrected chi connectivity index (χ2v) is 11.7. The number of carbonyl (C=O) groups excluding carboxylic acids is 1. The van der Waals surface area contributed by atoms with Gasteiger partial charge in [-0.1, -0.05) is 0 Å². The summed E-state index contributed by atoms with van der Waals surface area (Å²) in [4.78, 5) is 22.0. The molecule has 2 aromatic rings. The van der Waals surface area contributed by atoms with E-state index in [4.69, 9.17) is 4.74 Å². The number of aromatic nitrogens is 1. The maximum Gasteiger partial charge on any atom is 0.252 e. The average Bonchev–Trinajstić information content (AvgIpc) is 3.46. The predicted molar refractivity (Wildman–Crippen MR) is 150 cm³/mol. The van der Waals surface area contributed by atoms with Crippen LogP contribution in [0, 0.1) is 0 Å². The highest BCUT2D eigenvalue weighted by Gasteiger charge is 2.20. The number of aliphatic hydroxyl groups excluding tert-OH is 1. The zero-order valence-corrected chi connectivity index (χ0v) is 23.5. The van der Waals surface area contributed by atoms with Crippen LogP contribution >= 0.6 is 0 Å². The number of piperidine rings is 1. The van der Waals surface area contributed by atoms with E-state index >= 15 is 0 Å². The van der Waals surface area contributed by atoms with Crippen LogP contribution in [0.25, 0.3) is 0 Å². The number of pyridine rings is 1. The molecule has 1 aromatic heterocycles. The van der Waals surface area contributed by atoms with Crippen molar-refractivity contribution in [2.45, 2.75) is 49.3 Å². The first kappa shape index (κ1) is 29.4. The molecule has 0 aliphatic carbocycles. The molecular weight excluding hydrogens is 518 g/mol. The van der Waals surface area contributed by atoms with Gasteiger partial charge >= 0.3 is 0 Å². The van der Waals surface area contributed by atoms with Crippen LogP contribution in [0.5, 0.6) is 11.5 Å². The molecule has 2 unspecified atom stereocenters. The monoisotopic (exact) mass is 559 g/mol. The summed E-state index contributed by atoms with van der Waals surface area (Å²) in [7, 11) is -1.32. The van der Waals surface area contributed by atoms with Gasteiger partial charge in [0.15, 0.2) is 0 Å². The molecule has 2 atom stereocenters. The minimum atomic E-state index is -1.32. The van der Waals surface area contributed by atoms with Crippen molar-refractivity contribution in [1.82, 2.24) is 25.4 Å². The molecule has 0 saturated carbocycles. The Hall–Kier alpha value is -2.57. The molecule has 3 heterocycles. The molecule has 1 aromatic carbocycles. The molecule has 2 fully saturated rings. The molecule has 214 valence electrons. The molecular formula is C28H41N5O5S. The lowest BCUT2D eigenvalue weighted by atomic mass is 10.0. The standard InChI is InChI=1S/C28H41N5O5S/c1-39(37)27-16-25(6-7-26(27)35)38-20-24(34)18-31-22-8-13-33(14-9-22)19-23-5-4-21(17-30-23)28(36)29-10-15-32-11-2-3-12-32/h4-7,16-17,22,24,31,34-35H,2-3,8-15,18-20H2,1H3,(H,29,36). The zero-order valence-electron chi connectivity index (χ0n) is 22.7. The third-order valence-corrected chi connectivity index (χ3v) is 8.24. The van der Waals surface area contributed by atoms with Crippen LogP contribution in [0.2, 0.25) is 0 Å². The van der Waals surface area contributed by atoms with Crippen LogP contribution in [-0.2, 0) is 17.3 Å².